The lowest BCUT2D eigenvalue weighted by Crippen LogP contribution is -2.51. The molecule has 3 aromatic carbocycles. The first-order chi connectivity index (χ1) is 19.0. The third kappa shape index (κ3) is 8.57. The van der Waals surface area contributed by atoms with Crippen LogP contribution in [-0.4, -0.2) is 41.0 Å². The largest absolute Gasteiger partial charge is 0.444 e. The van der Waals surface area contributed by atoms with Gasteiger partial charge in [0.2, 0.25) is 5.91 Å². The van der Waals surface area contributed by atoms with Gasteiger partial charge in [-0.2, -0.15) is 0 Å². The number of benzene rings is 3. The Bertz CT molecular complexity index is 1300. The molecule has 3 aromatic rings. The van der Waals surface area contributed by atoms with E-state index >= 15 is 0 Å². The number of hydrogen-bond donors (Lipinski definition) is 2. The molecule has 2 N–H and O–H groups in total. The fourth-order valence-corrected chi connectivity index (χ4v) is 4.58. The summed E-state index contributed by atoms with van der Waals surface area (Å²) in [4.78, 5) is 41.9. The molecule has 0 aliphatic carbocycles. The van der Waals surface area contributed by atoms with Gasteiger partial charge in [0.25, 0.3) is 5.91 Å². The zero-order valence-electron chi connectivity index (χ0n) is 24.6. The highest BCUT2D eigenvalue weighted by molar-refractivity contribution is 6.00. The monoisotopic (exact) mass is 545 g/mol. The molecule has 3 amide bonds. The van der Waals surface area contributed by atoms with E-state index in [0.717, 1.165) is 42.0 Å². The summed E-state index contributed by atoms with van der Waals surface area (Å²) in [7, 11) is 0. The minimum atomic E-state index is -0.887. The quantitative estimate of drug-likeness (QED) is 0.254. The Labute approximate surface area is 238 Å². The van der Waals surface area contributed by atoms with Crippen LogP contribution in [0.1, 0.15) is 78.0 Å². The van der Waals surface area contributed by atoms with Crippen molar-refractivity contribution in [2.45, 2.75) is 84.9 Å². The standard InChI is InChI=1S/C33H43N3O4/c1-7-9-12-21-36(31(38)23(3)34-32(39)40-33(4,5)6)29(26-17-15-24(8-2)16-18-26)30(37)35-28-20-19-25-13-10-11-14-27(25)22-28/h10-11,13-20,22-23,29H,7-9,12,21H2,1-6H3,(H,34,39)(H,35,37). The number of carbonyl (C=O) groups is 3. The molecule has 0 saturated carbocycles. The molecule has 0 aliphatic rings. The third-order valence-corrected chi connectivity index (χ3v) is 6.67. The van der Waals surface area contributed by atoms with Crippen molar-refractivity contribution in [2.75, 3.05) is 11.9 Å². The molecule has 214 valence electrons. The lowest BCUT2D eigenvalue weighted by molar-refractivity contribution is -0.140. The number of ether oxygens (including phenoxy) is 1. The minimum absolute atomic E-state index is 0.311. The maximum absolute atomic E-state index is 14.0. The van der Waals surface area contributed by atoms with Gasteiger partial charge in [0, 0.05) is 12.2 Å². The van der Waals surface area contributed by atoms with Crippen molar-refractivity contribution in [2.24, 2.45) is 0 Å². The van der Waals surface area contributed by atoms with Crippen molar-refractivity contribution in [3.63, 3.8) is 0 Å². The summed E-state index contributed by atoms with van der Waals surface area (Å²) in [6, 6.07) is 19.7. The van der Waals surface area contributed by atoms with E-state index < -0.39 is 23.8 Å². The fourth-order valence-electron chi connectivity index (χ4n) is 4.58. The van der Waals surface area contributed by atoms with E-state index in [0.29, 0.717) is 17.8 Å². The van der Waals surface area contributed by atoms with E-state index in [1.165, 1.54) is 0 Å². The van der Waals surface area contributed by atoms with Crippen LogP contribution in [0.2, 0.25) is 0 Å². The molecule has 0 spiro atoms. The Morgan fingerprint density at radius 2 is 1.57 bits per heavy atom. The van der Waals surface area contributed by atoms with Crippen LogP contribution >= 0.6 is 0 Å². The van der Waals surface area contributed by atoms with Crippen LogP contribution in [0.3, 0.4) is 0 Å². The topological polar surface area (TPSA) is 87.7 Å². The Balaban J connectivity index is 1.96. The number of amides is 3. The number of nitrogens with one attached hydrogen (secondary N) is 2. The molecule has 3 rings (SSSR count). The number of rotatable bonds is 11. The van der Waals surface area contributed by atoms with E-state index in [-0.39, 0.29) is 11.8 Å². The molecular weight excluding hydrogens is 502 g/mol. The van der Waals surface area contributed by atoms with Gasteiger partial charge in [-0.05, 0) is 74.6 Å². The van der Waals surface area contributed by atoms with Crippen LogP contribution in [0.5, 0.6) is 0 Å². The summed E-state index contributed by atoms with van der Waals surface area (Å²) in [6.45, 7) is 11.5. The number of carbonyl (C=O) groups excluding carboxylic acids is 3. The number of aryl methyl sites for hydroxylation is 1. The van der Waals surface area contributed by atoms with Crippen molar-refractivity contribution >= 4 is 34.4 Å². The van der Waals surface area contributed by atoms with E-state index in [1.54, 1.807) is 32.6 Å². The van der Waals surface area contributed by atoms with Crippen molar-refractivity contribution < 1.29 is 19.1 Å². The number of nitrogens with zero attached hydrogens (tertiary/aromatic N) is 1. The highest BCUT2D eigenvalue weighted by Gasteiger charge is 2.34. The van der Waals surface area contributed by atoms with Crippen LogP contribution < -0.4 is 10.6 Å². The van der Waals surface area contributed by atoms with Crippen LogP contribution in [0.25, 0.3) is 10.8 Å². The Morgan fingerprint density at radius 1 is 0.900 bits per heavy atom. The molecule has 0 radical (unpaired) electrons. The van der Waals surface area contributed by atoms with E-state index in [9.17, 15) is 14.4 Å². The van der Waals surface area contributed by atoms with E-state index in [4.69, 9.17) is 4.74 Å². The van der Waals surface area contributed by atoms with Gasteiger partial charge in [-0.1, -0.05) is 81.3 Å². The first-order valence-corrected chi connectivity index (χ1v) is 14.2. The predicted octanol–water partition coefficient (Wildman–Crippen LogP) is 7.01. The molecule has 0 aromatic heterocycles. The zero-order chi connectivity index (χ0) is 29.3. The number of hydrogen-bond acceptors (Lipinski definition) is 4. The summed E-state index contributed by atoms with van der Waals surface area (Å²) in [5, 5.41) is 7.79. The number of fused-ring (bicyclic) bond motifs is 1. The van der Waals surface area contributed by atoms with Gasteiger partial charge < -0.3 is 20.3 Å². The third-order valence-electron chi connectivity index (χ3n) is 6.67. The molecule has 0 heterocycles. The van der Waals surface area contributed by atoms with Crippen LogP contribution in [0.15, 0.2) is 66.7 Å². The Morgan fingerprint density at radius 3 is 2.20 bits per heavy atom. The molecule has 2 atom stereocenters. The molecule has 0 fully saturated rings. The second-order valence-corrected chi connectivity index (χ2v) is 11.2. The van der Waals surface area contributed by atoms with Gasteiger partial charge in [-0.25, -0.2) is 4.79 Å². The van der Waals surface area contributed by atoms with Crippen molar-refractivity contribution in [3.05, 3.63) is 77.9 Å². The van der Waals surface area contributed by atoms with Crippen LogP contribution in [0.4, 0.5) is 10.5 Å². The Kier molecular flexibility index (Phi) is 10.7. The van der Waals surface area contributed by atoms with Crippen LogP contribution in [-0.2, 0) is 20.7 Å². The molecule has 7 heteroatoms. The highest BCUT2D eigenvalue weighted by Crippen LogP contribution is 2.27. The van der Waals surface area contributed by atoms with Gasteiger partial charge in [0.05, 0.1) is 0 Å². The SMILES string of the molecule is CCCCCN(C(=O)C(C)NC(=O)OC(C)(C)C)C(C(=O)Nc1ccc2ccccc2c1)c1ccc(CC)cc1. The zero-order valence-corrected chi connectivity index (χ0v) is 24.6. The molecule has 0 saturated heterocycles. The molecule has 40 heavy (non-hydrogen) atoms. The maximum atomic E-state index is 14.0. The summed E-state index contributed by atoms with van der Waals surface area (Å²) < 4.78 is 5.37. The van der Waals surface area contributed by atoms with E-state index in [1.807, 2.05) is 66.7 Å². The maximum Gasteiger partial charge on any atom is 0.408 e. The summed E-state index contributed by atoms with van der Waals surface area (Å²) in [5.74, 6) is -0.658. The number of unbranched alkanes of at least 4 members (excludes halogenated alkanes) is 2. The molecule has 2 unspecified atom stereocenters. The fraction of sp³-hybridized carbons (Fsp3) is 0.424. The van der Waals surface area contributed by atoms with Gasteiger partial charge in [0.15, 0.2) is 0 Å². The van der Waals surface area contributed by atoms with Crippen molar-refractivity contribution in [3.8, 4) is 0 Å². The molecule has 0 aliphatic heterocycles. The normalized spacial score (nSPS) is 12.8. The summed E-state index contributed by atoms with van der Waals surface area (Å²) >= 11 is 0. The van der Waals surface area contributed by atoms with Gasteiger partial charge in [-0.3, -0.25) is 9.59 Å². The average Bonchev–Trinajstić information content (AvgIpc) is 2.91. The Hall–Kier alpha value is -3.87. The van der Waals surface area contributed by atoms with Gasteiger partial charge in [0.1, 0.15) is 17.7 Å². The second-order valence-electron chi connectivity index (χ2n) is 11.2. The first-order valence-electron chi connectivity index (χ1n) is 14.2. The number of anilines is 1. The van der Waals surface area contributed by atoms with Gasteiger partial charge in [-0.15, -0.1) is 0 Å². The lowest BCUT2D eigenvalue weighted by Gasteiger charge is -2.34. The average molecular weight is 546 g/mol. The lowest BCUT2D eigenvalue weighted by atomic mass is 10.00. The van der Waals surface area contributed by atoms with Crippen molar-refractivity contribution in [1.29, 1.82) is 0 Å². The first kappa shape index (κ1) is 30.7. The predicted molar refractivity (Wildman–Crippen MR) is 161 cm³/mol. The van der Waals surface area contributed by atoms with E-state index in [2.05, 4.69) is 24.5 Å². The van der Waals surface area contributed by atoms with Crippen molar-refractivity contribution in [1.82, 2.24) is 10.2 Å². The smallest absolute Gasteiger partial charge is 0.408 e. The summed E-state index contributed by atoms with van der Waals surface area (Å²) in [6.07, 6.45) is 2.79. The minimum Gasteiger partial charge on any atom is -0.444 e. The molecule has 7 nitrogen and oxygen atoms in total. The van der Waals surface area contributed by atoms with Crippen LogP contribution in [0, 0.1) is 0 Å². The molecular formula is C33H43N3O4. The second kappa shape index (κ2) is 14.0. The number of alkyl carbamates (subject to hydrolysis) is 1. The molecule has 0 bridgehead atoms. The summed E-state index contributed by atoms with van der Waals surface area (Å²) in [5.41, 5.74) is 1.81. The van der Waals surface area contributed by atoms with Gasteiger partial charge >= 0.3 is 6.09 Å². The highest BCUT2D eigenvalue weighted by atomic mass is 16.6.